The zero-order valence-electron chi connectivity index (χ0n) is 15.0. The van der Waals surface area contributed by atoms with E-state index >= 15 is 0 Å². The molecule has 1 aliphatic heterocycles. The Hall–Kier alpha value is -2.37. The number of nitrogens with zero attached hydrogens (tertiary/aromatic N) is 4. The molecule has 6 nitrogen and oxygen atoms in total. The Morgan fingerprint density at radius 2 is 1.84 bits per heavy atom. The molecule has 0 unspecified atom stereocenters. The fraction of sp³-hybridized carbons (Fsp3) is 0.526. The molecule has 0 bridgehead atoms. The molecule has 1 aromatic carbocycles. The molecule has 0 amide bonds. The molecule has 0 aliphatic carbocycles. The highest BCUT2D eigenvalue weighted by Crippen LogP contribution is 2.23. The van der Waals surface area contributed by atoms with Crippen molar-refractivity contribution in [3.63, 3.8) is 0 Å². The van der Waals surface area contributed by atoms with Crippen LogP contribution in [0.25, 0.3) is 0 Å². The molecule has 0 saturated carbocycles. The first-order valence-electron chi connectivity index (χ1n) is 9.41. The zero-order chi connectivity index (χ0) is 17.3. The summed E-state index contributed by atoms with van der Waals surface area (Å²) in [6, 6.07) is 8.54. The first kappa shape index (κ1) is 17.5. The van der Waals surface area contributed by atoms with Gasteiger partial charge in [0.1, 0.15) is 0 Å². The van der Waals surface area contributed by atoms with E-state index in [4.69, 9.17) is 0 Å². The van der Waals surface area contributed by atoms with E-state index in [9.17, 15) is 0 Å². The molecule has 1 fully saturated rings. The van der Waals surface area contributed by atoms with E-state index in [-0.39, 0.29) is 0 Å². The number of benzene rings is 1. The van der Waals surface area contributed by atoms with Crippen LogP contribution in [0.2, 0.25) is 0 Å². The van der Waals surface area contributed by atoms with E-state index in [2.05, 4.69) is 61.9 Å². The Morgan fingerprint density at radius 1 is 1.04 bits per heavy atom. The lowest BCUT2D eigenvalue weighted by molar-refractivity contribution is 0.578. The summed E-state index contributed by atoms with van der Waals surface area (Å²) in [6.07, 6.45) is 9.12. The summed E-state index contributed by atoms with van der Waals surface area (Å²) >= 11 is 0. The van der Waals surface area contributed by atoms with Crippen molar-refractivity contribution in [3.05, 3.63) is 30.5 Å². The summed E-state index contributed by atoms with van der Waals surface area (Å²) in [5.41, 5.74) is 2.31. The van der Waals surface area contributed by atoms with Crippen molar-refractivity contribution >= 4 is 23.1 Å². The van der Waals surface area contributed by atoms with Gasteiger partial charge in [-0.15, -0.1) is 5.10 Å². The number of anilines is 4. The maximum absolute atomic E-state index is 4.47. The van der Waals surface area contributed by atoms with Crippen LogP contribution in [-0.4, -0.2) is 34.8 Å². The molecule has 1 aliphatic rings. The molecule has 6 heteroatoms. The Kier molecular flexibility index (Phi) is 6.42. The fourth-order valence-corrected chi connectivity index (χ4v) is 3.07. The van der Waals surface area contributed by atoms with Crippen LogP contribution in [0.4, 0.5) is 23.1 Å². The topological polar surface area (TPSA) is 66.0 Å². The summed E-state index contributed by atoms with van der Waals surface area (Å²) in [4.78, 5) is 6.93. The second kappa shape index (κ2) is 9.20. The minimum Gasteiger partial charge on any atom is -0.372 e. The fourth-order valence-electron chi connectivity index (χ4n) is 3.07. The van der Waals surface area contributed by atoms with Crippen molar-refractivity contribution in [1.29, 1.82) is 0 Å². The first-order valence-corrected chi connectivity index (χ1v) is 9.41. The average Bonchev–Trinajstić information content (AvgIpc) is 2.67. The van der Waals surface area contributed by atoms with Gasteiger partial charge in [-0.05, 0) is 49.9 Å². The second-order valence-corrected chi connectivity index (χ2v) is 6.52. The zero-order valence-corrected chi connectivity index (χ0v) is 15.0. The predicted molar refractivity (Wildman–Crippen MR) is 104 cm³/mol. The van der Waals surface area contributed by atoms with Crippen LogP contribution < -0.4 is 15.5 Å². The molecule has 2 heterocycles. The highest BCUT2D eigenvalue weighted by Gasteiger charge is 2.10. The van der Waals surface area contributed by atoms with Crippen molar-refractivity contribution in [3.8, 4) is 0 Å². The molecule has 0 spiro atoms. The molecular weight excluding hydrogens is 312 g/mol. The minimum atomic E-state index is 0.575. The Balaban J connectivity index is 1.56. The SMILES string of the molecule is CCCCCNc1nncc(Nc2ccc(N3CCCCC3)cc2)n1. The predicted octanol–water partition coefficient (Wildman–Crippen LogP) is 4.21. The number of hydrogen-bond acceptors (Lipinski definition) is 6. The number of piperidine rings is 1. The summed E-state index contributed by atoms with van der Waals surface area (Å²) in [5.74, 6) is 1.28. The number of rotatable bonds is 8. The maximum Gasteiger partial charge on any atom is 0.244 e. The summed E-state index contributed by atoms with van der Waals surface area (Å²) < 4.78 is 0. The van der Waals surface area contributed by atoms with E-state index in [0.29, 0.717) is 11.8 Å². The van der Waals surface area contributed by atoms with Gasteiger partial charge < -0.3 is 15.5 Å². The number of nitrogens with one attached hydrogen (secondary N) is 2. The van der Waals surface area contributed by atoms with Crippen LogP contribution in [0.5, 0.6) is 0 Å². The van der Waals surface area contributed by atoms with E-state index in [0.717, 1.165) is 31.7 Å². The molecule has 0 radical (unpaired) electrons. The number of hydrogen-bond donors (Lipinski definition) is 2. The third kappa shape index (κ3) is 5.31. The second-order valence-electron chi connectivity index (χ2n) is 6.52. The van der Waals surface area contributed by atoms with Gasteiger partial charge in [0.25, 0.3) is 0 Å². The molecule has 134 valence electrons. The highest BCUT2D eigenvalue weighted by molar-refractivity contribution is 5.60. The lowest BCUT2D eigenvalue weighted by Gasteiger charge is -2.28. The standard InChI is InChI=1S/C19H28N6/c1-2-3-5-12-20-19-23-18(15-21-24-19)22-16-8-10-17(11-9-16)25-13-6-4-7-14-25/h8-11,15H,2-7,12-14H2,1H3,(H2,20,22,23,24). The van der Waals surface area contributed by atoms with Crippen molar-refractivity contribution in [2.45, 2.75) is 45.4 Å². The molecular formula is C19H28N6. The van der Waals surface area contributed by atoms with E-state index in [1.807, 2.05) is 0 Å². The maximum atomic E-state index is 4.47. The van der Waals surface area contributed by atoms with E-state index in [1.165, 1.54) is 37.8 Å². The van der Waals surface area contributed by atoms with Crippen LogP contribution in [0.15, 0.2) is 30.5 Å². The molecule has 1 saturated heterocycles. The molecule has 2 aromatic rings. The monoisotopic (exact) mass is 340 g/mol. The van der Waals surface area contributed by atoms with Gasteiger partial charge in [-0.25, -0.2) is 0 Å². The normalized spacial score (nSPS) is 14.4. The van der Waals surface area contributed by atoms with Gasteiger partial charge in [-0.3, -0.25) is 0 Å². The molecule has 25 heavy (non-hydrogen) atoms. The molecule has 3 rings (SSSR count). The summed E-state index contributed by atoms with van der Waals surface area (Å²) in [7, 11) is 0. The Morgan fingerprint density at radius 3 is 2.60 bits per heavy atom. The van der Waals surface area contributed by atoms with Crippen LogP contribution >= 0.6 is 0 Å². The molecule has 1 aromatic heterocycles. The van der Waals surface area contributed by atoms with E-state index in [1.54, 1.807) is 6.20 Å². The first-order chi connectivity index (χ1) is 12.3. The van der Waals surface area contributed by atoms with Crippen molar-refractivity contribution in [2.24, 2.45) is 0 Å². The summed E-state index contributed by atoms with van der Waals surface area (Å²) in [5, 5.41) is 14.6. The highest BCUT2D eigenvalue weighted by atomic mass is 15.3. The van der Waals surface area contributed by atoms with Gasteiger partial charge in [-0.1, -0.05) is 19.8 Å². The largest absolute Gasteiger partial charge is 0.372 e. The number of unbranched alkanes of at least 4 members (excludes halogenated alkanes) is 2. The lowest BCUT2D eigenvalue weighted by atomic mass is 10.1. The van der Waals surface area contributed by atoms with Crippen LogP contribution in [-0.2, 0) is 0 Å². The van der Waals surface area contributed by atoms with Gasteiger partial charge in [0.15, 0.2) is 5.82 Å². The van der Waals surface area contributed by atoms with Gasteiger partial charge in [0, 0.05) is 31.0 Å². The minimum absolute atomic E-state index is 0.575. The smallest absolute Gasteiger partial charge is 0.244 e. The van der Waals surface area contributed by atoms with Crippen LogP contribution in [0.1, 0.15) is 45.4 Å². The van der Waals surface area contributed by atoms with Crippen molar-refractivity contribution in [2.75, 3.05) is 35.2 Å². The number of aromatic nitrogens is 3. The summed E-state index contributed by atoms with van der Waals surface area (Å²) in [6.45, 7) is 5.40. The quantitative estimate of drug-likeness (QED) is 0.702. The van der Waals surface area contributed by atoms with E-state index < -0.39 is 0 Å². The Labute approximate surface area is 150 Å². The van der Waals surface area contributed by atoms with Crippen LogP contribution in [0.3, 0.4) is 0 Å². The van der Waals surface area contributed by atoms with Gasteiger partial charge >= 0.3 is 0 Å². The van der Waals surface area contributed by atoms with Crippen LogP contribution in [0, 0.1) is 0 Å². The molecule has 2 N–H and O–H groups in total. The van der Waals surface area contributed by atoms with Gasteiger partial charge in [0.05, 0.1) is 6.20 Å². The Bertz CT molecular complexity index is 637. The lowest BCUT2D eigenvalue weighted by Crippen LogP contribution is -2.29. The van der Waals surface area contributed by atoms with Crippen molar-refractivity contribution in [1.82, 2.24) is 15.2 Å². The third-order valence-corrected chi connectivity index (χ3v) is 4.48. The van der Waals surface area contributed by atoms with Gasteiger partial charge in [-0.2, -0.15) is 10.1 Å². The van der Waals surface area contributed by atoms with Gasteiger partial charge in [0.2, 0.25) is 5.95 Å². The average molecular weight is 340 g/mol. The molecule has 0 atom stereocenters. The van der Waals surface area contributed by atoms with Crippen molar-refractivity contribution < 1.29 is 0 Å². The third-order valence-electron chi connectivity index (χ3n) is 4.48.